The van der Waals surface area contributed by atoms with Gasteiger partial charge >= 0.3 is 7.32 Å². The molecule has 0 amide bonds. The van der Waals surface area contributed by atoms with Gasteiger partial charge in [0.05, 0.1) is 0 Å². The minimum Gasteiger partial charge on any atom is -0.401 e. The first-order chi connectivity index (χ1) is 18.4. The molecule has 0 fully saturated rings. The van der Waals surface area contributed by atoms with Crippen molar-refractivity contribution in [2.45, 2.75) is 24.0 Å². The van der Waals surface area contributed by atoms with Crippen LogP contribution in [0.5, 0.6) is 0 Å². The van der Waals surface area contributed by atoms with Crippen molar-refractivity contribution >= 4 is 35.3 Å². The average Bonchev–Trinajstić information content (AvgIpc) is 2.92. The lowest BCUT2D eigenvalue weighted by atomic mass is 9.67. The second kappa shape index (κ2) is 13.5. The van der Waals surface area contributed by atoms with E-state index in [2.05, 4.69) is 15.9 Å². The summed E-state index contributed by atoms with van der Waals surface area (Å²) >= 11 is 4.47. The van der Waals surface area contributed by atoms with Gasteiger partial charge in [-0.25, -0.2) is 13.2 Å². The molecule has 0 unspecified atom stereocenters. The van der Waals surface area contributed by atoms with Gasteiger partial charge in [-0.05, 0) is 95.7 Å². The van der Waals surface area contributed by atoms with E-state index >= 15 is 0 Å². The van der Waals surface area contributed by atoms with Gasteiger partial charge in [-0.2, -0.15) is 0 Å². The Labute approximate surface area is 233 Å². The molecule has 38 heavy (non-hydrogen) atoms. The van der Waals surface area contributed by atoms with E-state index < -0.39 is 12.7 Å². The van der Waals surface area contributed by atoms with Crippen LogP contribution in [-0.4, -0.2) is 19.0 Å². The Balaban J connectivity index is 1.49. The molecule has 0 radical (unpaired) electrons. The third-order valence-electron chi connectivity index (χ3n) is 6.26. The summed E-state index contributed by atoms with van der Waals surface area (Å²) in [6.45, 7) is 0.158. The average molecular weight is 601 g/mol. The lowest BCUT2D eigenvalue weighted by molar-refractivity contribution is 0.196. The van der Waals surface area contributed by atoms with Gasteiger partial charge in [0.1, 0.15) is 17.5 Å². The van der Waals surface area contributed by atoms with Crippen molar-refractivity contribution in [3.63, 3.8) is 0 Å². The standard InChI is InChI=1S/C29H25BBrF3O3S/c31-25-10-2-21(3-11-25)20-38-37-30(35)36-19-1-18-29(22-4-12-26(32)13-5-22,23-6-14-27(33)15-7-23)24-8-16-28(34)17-9-24/h2-17,35H,1,18-20H2. The highest BCUT2D eigenvalue weighted by atomic mass is 79.9. The molecule has 4 aromatic carbocycles. The third-order valence-corrected chi connectivity index (χ3v) is 7.54. The normalized spacial score (nSPS) is 11.5. The number of rotatable bonds is 12. The second-order valence-electron chi connectivity index (χ2n) is 8.69. The van der Waals surface area contributed by atoms with E-state index in [9.17, 15) is 18.2 Å². The Morgan fingerprint density at radius 2 is 1.16 bits per heavy atom. The number of halogens is 4. The monoisotopic (exact) mass is 600 g/mol. The van der Waals surface area contributed by atoms with Crippen molar-refractivity contribution in [3.8, 4) is 0 Å². The Kier molecular flexibility index (Phi) is 10.1. The molecule has 3 nitrogen and oxygen atoms in total. The van der Waals surface area contributed by atoms with E-state index in [-0.39, 0.29) is 24.1 Å². The molecule has 0 aromatic heterocycles. The lowest BCUT2D eigenvalue weighted by Crippen LogP contribution is -2.30. The third kappa shape index (κ3) is 7.30. The highest BCUT2D eigenvalue weighted by molar-refractivity contribution is 9.10. The van der Waals surface area contributed by atoms with Gasteiger partial charge in [-0.15, -0.1) is 0 Å². The van der Waals surface area contributed by atoms with Crippen LogP contribution in [0.2, 0.25) is 0 Å². The molecule has 0 atom stereocenters. The molecule has 4 rings (SSSR count). The fourth-order valence-corrected chi connectivity index (χ4v) is 5.26. The van der Waals surface area contributed by atoms with Crippen LogP contribution in [0.1, 0.15) is 35.1 Å². The number of hydrogen-bond donors (Lipinski definition) is 1. The van der Waals surface area contributed by atoms with Crippen LogP contribution < -0.4 is 0 Å². The molecule has 196 valence electrons. The summed E-state index contributed by atoms with van der Waals surface area (Å²) in [5.74, 6) is -0.614. The van der Waals surface area contributed by atoms with Gasteiger partial charge < -0.3 is 13.8 Å². The van der Waals surface area contributed by atoms with Gasteiger partial charge in [0.25, 0.3) is 0 Å². The minimum absolute atomic E-state index is 0.158. The Morgan fingerprint density at radius 1 is 0.711 bits per heavy atom. The maximum absolute atomic E-state index is 13.8. The van der Waals surface area contributed by atoms with Gasteiger partial charge in [-0.3, -0.25) is 0 Å². The predicted molar refractivity (Wildman–Crippen MR) is 149 cm³/mol. The highest BCUT2D eigenvalue weighted by Crippen LogP contribution is 2.43. The maximum Gasteiger partial charge on any atom is 0.648 e. The fraction of sp³-hybridized carbons (Fsp3) is 0.172. The second-order valence-corrected chi connectivity index (χ2v) is 10.3. The zero-order valence-corrected chi connectivity index (χ0v) is 22.7. The summed E-state index contributed by atoms with van der Waals surface area (Å²) < 4.78 is 53.3. The Morgan fingerprint density at radius 3 is 1.61 bits per heavy atom. The van der Waals surface area contributed by atoms with Crippen molar-refractivity contribution in [2.24, 2.45) is 0 Å². The molecule has 0 saturated heterocycles. The summed E-state index contributed by atoms with van der Waals surface area (Å²) in [6.07, 6.45) is 0.915. The van der Waals surface area contributed by atoms with Gasteiger partial charge in [0.2, 0.25) is 0 Å². The molecular weight excluding hydrogens is 576 g/mol. The molecule has 0 aliphatic carbocycles. The molecule has 1 N–H and O–H groups in total. The van der Waals surface area contributed by atoms with Gasteiger partial charge in [-0.1, -0.05) is 64.5 Å². The molecule has 0 heterocycles. The summed E-state index contributed by atoms with van der Waals surface area (Å²) in [6, 6.07) is 26.1. The summed E-state index contributed by atoms with van der Waals surface area (Å²) in [4.78, 5) is 0. The largest absolute Gasteiger partial charge is 0.648 e. The van der Waals surface area contributed by atoms with E-state index in [1.54, 1.807) is 36.4 Å². The quantitative estimate of drug-likeness (QED) is 0.0778. The van der Waals surface area contributed by atoms with Crippen LogP contribution in [0.25, 0.3) is 0 Å². The maximum atomic E-state index is 13.8. The van der Waals surface area contributed by atoms with E-state index in [0.29, 0.717) is 18.6 Å². The number of benzene rings is 4. The van der Waals surface area contributed by atoms with Crippen molar-refractivity contribution in [1.29, 1.82) is 0 Å². The highest BCUT2D eigenvalue weighted by Gasteiger charge is 2.36. The molecule has 0 aliphatic rings. The van der Waals surface area contributed by atoms with Gasteiger partial charge in [0.15, 0.2) is 0 Å². The SMILES string of the molecule is OB(OCCCC(c1ccc(F)cc1)(c1ccc(F)cc1)c1ccc(F)cc1)OSCc1ccc(Br)cc1. The zero-order valence-electron chi connectivity index (χ0n) is 20.3. The van der Waals surface area contributed by atoms with E-state index in [1.165, 1.54) is 36.4 Å². The molecule has 0 aliphatic heterocycles. The van der Waals surface area contributed by atoms with Crippen LogP contribution in [0.4, 0.5) is 13.2 Å². The first-order valence-electron chi connectivity index (χ1n) is 12.0. The van der Waals surface area contributed by atoms with E-state index in [1.807, 2.05) is 24.3 Å². The van der Waals surface area contributed by atoms with Crippen LogP contribution in [0.3, 0.4) is 0 Å². The Bertz CT molecular complexity index is 1180. The van der Waals surface area contributed by atoms with Crippen molar-refractivity contribution in [3.05, 3.63) is 141 Å². The van der Waals surface area contributed by atoms with Crippen LogP contribution in [-0.2, 0) is 19.9 Å². The fourth-order valence-electron chi connectivity index (χ4n) is 4.43. The van der Waals surface area contributed by atoms with Crippen molar-refractivity contribution in [2.75, 3.05) is 6.61 Å². The van der Waals surface area contributed by atoms with Crippen LogP contribution in [0.15, 0.2) is 102 Å². The van der Waals surface area contributed by atoms with Crippen LogP contribution >= 0.6 is 28.0 Å². The molecular formula is C29H25BBrF3O3S. The molecule has 0 spiro atoms. The minimum atomic E-state index is -1.42. The first kappa shape index (κ1) is 28.5. The van der Waals surface area contributed by atoms with Crippen LogP contribution in [0, 0.1) is 17.5 Å². The summed E-state index contributed by atoms with van der Waals surface area (Å²) in [5, 5.41) is 10.1. The smallest absolute Gasteiger partial charge is 0.401 e. The van der Waals surface area contributed by atoms with E-state index in [0.717, 1.165) is 38.8 Å². The summed E-state index contributed by atoms with van der Waals surface area (Å²) in [7, 11) is -1.42. The lowest BCUT2D eigenvalue weighted by Gasteiger charge is -2.36. The first-order valence-corrected chi connectivity index (χ1v) is 13.7. The van der Waals surface area contributed by atoms with E-state index in [4.69, 9.17) is 8.75 Å². The number of hydrogen-bond acceptors (Lipinski definition) is 4. The predicted octanol–water partition coefficient (Wildman–Crippen LogP) is 7.84. The molecule has 0 bridgehead atoms. The molecule has 9 heteroatoms. The topological polar surface area (TPSA) is 38.7 Å². The summed E-state index contributed by atoms with van der Waals surface area (Å²) in [5.41, 5.74) is 2.48. The van der Waals surface area contributed by atoms with Crippen molar-refractivity contribution in [1.82, 2.24) is 0 Å². The Hall–Kier alpha value is -2.56. The van der Waals surface area contributed by atoms with Crippen molar-refractivity contribution < 1.29 is 27.0 Å². The molecule has 0 saturated carbocycles. The van der Waals surface area contributed by atoms with Gasteiger partial charge in [0, 0.05) is 22.2 Å². The zero-order chi connectivity index (χ0) is 27.0. The molecule has 4 aromatic rings.